The SMILES string of the molecule is Cc1nc(NC(=O)COC(=O)c2ccc(COC(C)C)cc2)c(Cl)cc1Cl. The van der Waals surface area contributed by atoms with Gasteiger partial charge in [0.25, 0.3) is 5.91 Å². The van der Waals surface area contributed by atoms with E-state index in [9.17, 15) is 9.59 Å². The molecule has 8 heteroatoms. The van der Waals surface area contributed by atoms with Gasteiger partial charge in [-0.2, -0.15) is 0 Å². The Morgan fingerprint density at radius 1 is 1.15 bits per heavy atom. The maximum Gasteiger partial charge on any atom is 0.338 e. The van der Waals surface area contributed by atoms with E-state index in [1.54, 1.807) is 31.2 Å². The highest BCUT2D eigenvalue weighted by Gasteiger charge is 2.13. The Morgan fingerprint density at radius 2 is 1.81 bits per heavy atom. The minimum absolute atomic E-state index is 0.126. The molecule has 0 fully saturated rings. The highest BCUT2D eigenvalue weighted by molar-refractivity contribution is 6.36. The molecule has 6 nitrogen and oxygen atoms in total. The zero-order valence-corrected chi connectivity index (χ0v) is 16.7. The van der Waals surface area contributed by atoms with Gasteiger partial charge < -0.3 is 14.8 Å². The number of carbonyl (C=O) groups excluding carboxylic acids is 2. The van der Waals surface area contributed by atoms with Crippen LogP contribution in [-0.4, -0.2) is 29.6 Å². The van der Waals surface area contributed by atoms with Gasteiger partial charge >= 0.3 is 5.97 Å². The number of pyridine rings is 1. The van der Waals surface area contributed by atoms with Crippen molar-refractivity contribution in [2.45, 2.75) is 33.5 Å². The second-order valence-electron chi connectivity index (χ2n) is 6.07. The first-order valence-electron chi connectivity index (χ1n) is 8.26. The van der Waals surface area contributed by atoms with E-state index < -0.39 is 18.5 Å². The lowest BCUT2D eigenvalue weighted by atomic mass is 10.1. The molecule has 1 aromatic heterocycles. The molecule has 0 aliphatic carbocycles. The molecular weight excluding hydrogens is 391 g/mol. The maximum absolute atomic E-state index is 12.1. The lowest BCUT2D eigenvalue weighted by molar-refractivity contribution is -0.119. The topological polar surface area (TPSA) is 77.5 Å². The summed E-state index contributed by atoms with van der Waals surface area (Å²) in [6.45, 7) is 5.58. The van der Waals surface area contributed by atoms with Crippen LogP contribution in [0.3, 0.4) is 0 Å². The minimum atomic E-state index is -0.604. The summed E-state index contributed by atoms with van der Waals surface area (Å²) in [5, 5.41) is 3.08. The van der Waals surface area contributed by atoms with Gasteiger partial charge in [-0.1, -0.05) is 35.3 Å². The van der Waals surface area contributed by atoms with Crippen molar-refractivity contribution in [1.29, 1.82) is 0 Å². The first-order chi connectivity index (χ1) is 12.8. The lowest BCUT2D eigenvalue weighted by Gasteiger charge is -2.10. The predicted molar refractivity (Wildman–Crippen MR) is 104 cm³/mol. The Labute approximate surface area is 167 Å². The molecule has 0 aliphatic heterocycles. The average Bonchev–Trinajstić information content (AvgIpc) is 2.63. The van der Waals surface area contributed by atoms with E-state index in [0.717, 1.165) is 5.56 Å². The molecule has 2 rings (SSSR count). The standard InChI is InChI=1S/C19H20Cl2N2O4/c1-11(2)26-9-13-4-6-14(7-5-13)19(25)27-10-17(24)23-18-16(21)8-15(20)12(3)22-18/h4-8,11H,9-10H2,1-3H3,(H,22,23,24). The molecule has 27 heavy (non-hydrogen) atoms. The number of nitrogens with zero attached hydrogens (tertiary/aromatic N) is 1. The first kappa shape index (κ1) is 21.2. The Morgan fingerprint density at radius 3 is 2.44 bits per heavy atom. The Bertz CT molecular complexity index is 823. The van der Waals surface area contributed by atoms with E-state index in [0.29, 0.717) is 22.9 Å². The molecule has 0 bridgehead atoms. The molecule has 0 atom stereocenters. The number of carbonyl (C=O) groups is 2. The fraction of sp³-hybridized carbons (Fsp3) is 0.316. The molecule has 1 aromatic carbocycles. The summed E-state index contributed by atoms with van der Waals surface area (Å²) < 4.78 is 10.5. The second kappa shape index (κ2) is 9.69. The third kappa shape index (κ3) is 6.50. The number of hydrogen-bond donors (Lipinski definition) is 1. The van der Waals surface area contributed by atoms with Crippen molar-refractivity contribution in [3.05, 3.63) is 57.2 Å². The van der Waals surface area contributed by atoms with Crippen LogP contribution in [0.1, 0.15) is 35.5 Å². The van der Waals surface area contributed by atoms with Crippen molar-refractivity contribution in [3.63, 3.8) is 0 Å². The molecule has 0 radical (unpaired) electrons. The minimum Gasteiger partial charge on any atom is -0.452 e. The number of hydrogen-bond acceptors (Lipinski definition) is 5. The molecule has 1 heterocycles. The number of ether oxygens (including phenoxy) is 2. The van der Waals surface area contributed by atoms with E-state index in [1.165, 1.54) is 6.07 Å². The normalized spacial score (nSPS) is 10.7. The van der Waals surface area contributed by atoms with Crippen molar-refractivity contribution in [2.24, 2.45) is 0 Å². The largest absolute Gasteiger partial charge is 0.452 e. The predicted octanol–water partition coefficient (Wildman–Crippen LogP) is 4.42. The number of amides is 1. The van der Waals surface area contributed by atoms with E-state index in [-0.39, 0.29) is 16.9 Å². The molecule has 144 valence electrons. The summed E-state index contributed by atoms with van der Waals surface area (Å²) in [5.74, 6) is -0.997. The molecule has 2 aromatic rings. The van der Waals surface area contributed by atoms with E-state index in [4.69, 9.17) is 32.7 Å². The Kier molecular flexibility index (Phi) is 7.59. The third-order valence-electron chi connectivity index (χ3n) is 3.47. The van der Waals surface area contributed by atoms with Crippen molar-refractivity contribution in [2.75, 3.05) is 11.9 Å². The van der Waals surface area contributed by atoms with Crippen LogP contribution < -0.4 is 5.32 Å². The molecule has 0 unspecified atom stereocenters. The summed E-state index contributed by atoms with van der Waals surface area (Å²) in [7, 11) is 0. The lowest BCUT2D eigenvalue weighted by Crippen LogP contribution is -2.21. The highest BCUT2D eigenvalue weighted by atomic mass is 35.5. The molecule has 1 N–H and O–H groups in total. The van der Waals surface area contributed by atoms with Gasteiger partial charge in [-0.3, -0.25) is 4.79 Å². The number of aromatic nitrogens is 1. The molecule has 0 spiro atoms. The third-order valence-corrected chi connectivity index (χ3v) is 4.14. The van der Waals surface area contributed by atoms with Gasteiger partial charge in [0.05, 0.1) is 34.0 Å². The van der Waals surface area contributed by atoms with Crippen LogP contribution in [0, 0.1) is 6.92 Å². The summed E-state index contributed by atoms with van der Waals surface area (Å²) in [6, 6.07) is 8.29. The summed E-state index contributed by atoms with van der Waals surface area (Å²) >= 11 is 11.9. The molecule has 0 saturated heterocycles. The van der Waals surface area contributed by atoms with Gasteiger partial charge in [-0.15, -0.1) is 0 Å². The monoisotopic (exact) mass is 410 g/mol. The zero-order valence-electron chi connectivity index (χ0n) is 15.2. The van der Waals surface area contributed by atoms with Crippen LogP contribution >= 0.6 is 23.2 Å². The van der Waals surface area contributed by atoms with Crippen molar-refractivity contribution >= 4 is 40.9 Å². The van der Waals surface area contributed by atoms with Crippen molar-refractivity contribution in [1.82, 2.24) is 4.98 Å². The van der Waals surface area contributed by atoms with Gasteiger partial charge in [0.2, 0.25) is 0 Å². The molecular formula is C19H20Cl2N2O4. The number of aryl methyl sites for hydroxylation is 1. The van der Waals surface area contributed by atoms with Crippen LogP contribution in [0.4, 0.5) is 5.82 Å². The smallest absolute Gasteiger partial charge is 0.338 e. The van der Waals surface area contributed by atoms with Crippen LogP contribution in [-0.2, 0) is 20.9 Å². The van der Waals surface area contributed by atoms with E-state index in [1.807, 2.05) is 13.8 Å². The molecule has 0 aliphatic rings. The number of nitrogens with one attached hydrogen (secondary N) is 1. The van der Waals surface area contributed by atoms with Crippen molar-refractivity contribution in [3.8, 4) is 0 Å². The fourth-order valence-corrected chi connectivity index (χ4v) is 2.43. The van der Waals surface area contributed by atoms with Crippen LogP contribution in [0.5, 0.6) is 0 Å². The Balaban J connectivity index is 1.87. The zero-order chi connectivity index (χ0) is 20.0. The van der Waals surface area contributed by atoms with Gasteiger partial charge in [-0.05, 0) is 44.5 Å². The van der Waals surface area contributed by atoms with E-state index in [2.05, 4.69) is 10.3 Å². The number of benzene rings is 1. The number of anilines is 1. The fourth-order valence-electron chi connectivity index (χ4n) is 2.03. The average molecular weight is 411 g/mol. The van der Waals surface area contributed by atoms with Crippen molar-refractivity contribution < 1.29 is 19.1 Å². The maximum atomic E-state index is 12.1. The molecule has 1 amide bonds. The Hall–Kier alpha value is -2.15. The van der Waals surface area contributed by atoms with Gasteiger partial charge in [0.15, 0.2) is 12.4 Å². The quantitative estimate of drug-likeness (QED) is 0.683. The van der Waals surface area contributed by atoms with Gasteiger partial charge in [0.1, 0.15) is 0 Å². The number of halogens is 2. The van der Waals surface area contributed by atoms with Crippen LogP contribution in [0.25, 0.3) is 0 Å². The number of rotatable bonds is 7. The summed E-state index contributed by atoms with van der Waals surface area (Å²) in [6.07, 6.45) is 0.126. The van der Waals surface area contributed by atoms with Crippen LogP contribution in [0.15, 0.2) is 30.3 Å². The summed E-state index contributed by atoms with van der Waals surface area (Å²) in [4.78, 5) is 28.1. The van der Waals surface area contributed by atoms with E-state index >= 15 is 0 Å². The second-order valence-corrected chi connectivity index (χ2v) is 6.88. The van der Waals surface area contributed by atoms with Gasteiger partial charge in [0, 0.05) is 0 Å². The summed E-state index contributed by atoms with van der Waals surface area (Å²) in [5.41, 5.74) is 1.81. The highest BCUT2D eigenvalue weighted by Crippen LogP contribution is 2.25. The molecule has 0 saturated carbocycles. The first-order valence-corrected chi connectivity index (χ1v) is 9.02. The van der Waals surface area contributed by atoms with Gasteiger partial charge in [-0.25, -0.2) is 9.78 Å². The van der Waals surface area contributed by atoms with Crippen LogP contribution in [0.2, 0.25) is 10.0 Å². The number of esters is 1.